The highest BCUT2D eigenvalue weighted by atomic mass is 32.2. The molecule has 0 amide bonds. The number of thioether (sulfide) groups is 1. The van der Waals surface area contributed by atoms with Gasteiger partial charge in [0.2, 0.25) is 0 Å². The first-order chi connectivity index (χ1) is 5.56. The minimum absolute atomic E-state index is 0.160. The lowest BCUT2D eigenvalue weighted by Crippen LogP contribution is -2.13. The molecule has 2 atom stereocenters. The average molecular weight is 192 g/mol. The molecule has 0 aromatic carbocycles. The van der Waals surface area contributed by atoms with Crippen molar-refractivity contribution in [3.05, 3.63) is 0 Å². The summed E-state index contributed by atoms with van der Waals surface area (Å²) in [6.07, 6.45) is 0.221. The fraction of sp³-hybridized carbons (Fsp3) is 0.875. The maximum Gasteiger partial charge on any atom is 0.304 e. The third-order valence-electron chi connectivity index (χ3n) is 1.33. The van der Waals surface area contributed by atoms with Gasteiger partial charge in [-0.3, -0.25) is 4.79 Å². The lowest BCUT2D eigenvalue weighted by atomic mass is 10.3. The van der Waals surface area contributed by atoms with Crippen LogP contribution in [-0.4, -0.2) is 35.3 Å². The van der Waals surface area contributed by atoms with Gasteiger partial charge in [0.25, 0.3) is 0 Å². The van der Waals surface area contributed by atoms with E-state index in [4.69, 9.17) is 9.84 Å². The van der Waals surface area contributed by atoms with Crippen molar-refractivity contribution in [2.75, 3.05) is 13.7 Å². The molecule has 0 fully saturated rings. The van der Waals surface area contributed by atoms with E-state index in [2.05, 4.69) is 0 Å². The van der Waals surface area contributed by atoms with E-state index in [0.29, 0.717) is 11.9 Å². The van der Waals surface area contributed by atoms with Crippen LogP contribution in [0.1, 0.15) is 20.3 Å². The van der Waals surface area contributed by atoms with E-state index < -0.39 is 5.97 Å². The Bertz CT molecular complexity index is 138. The van der Waals surface area contributed by atoms with Gasteiger partial charge in [0.15, 0.2) is 0 Å². The summed E-state index contributed by atoms with van der Waals surface area (Å²) < 4.78 is 4.94. The molecule has 0 aliphatic heterocycles. The highest BCUT2D eigenvalue weighted by Crippen LogP contribution is 2.19. The molecule has 0 aromatic rings. The summed E-state index contributed by atoms with van der Waals surface area (Å²) in [5, 5.41) is 9.01. The largest absolute Gasteiger partial charge is 0.481 e. The zero-order valence-electron chi connectivity index (χ0n) is 7.74. The van der Waals surface area contributed by atoms with Crippen molar-refractivity contribution in [3.63, 3.8) is 0 Å². The first-order valence-electron chi connectivity index (χ1n) is 3.92. The molecule has 1 N–H and O–H groups in total. The van der Waals surface area contributed by atoms with Crippen LogP contribution < -0.4 is 0 Å². The fourth-order valence-electron chi connectivity index (χ4n) is 0.965. The van der Waals surface area contributed by atoms with Gasteiger partial charge in [-0.05, 0) is 0 Å². The first-order valence-corrected chi connectivity index (χ1v) is 4.86. The van der Waals surface area contributed by atoms with Gasteiger partial charge in [0.1, 0.15) is 0 Å². The minimum Gasteiger partial charge on any atom is -0.481 e. The molecule has 0 bridgehead atoms. The van der Waals surface area contributed by atoms with Crippen molar-refractivity contribution >= 4 is 17.7 Å². The number of carboxylic acid groups (broad SMARTS) is 1. The third-order valence-corrected chi connectivity index (χ3v) is 2.56. The van der Waals surface area contributed by atoms with Crippen LogP contribution >= 0.6 is 11.8 Å². The molecule has 0 spiro atoms. The zero-order valence-corrected chi connectivity index (χ0v) is 8.56. The van der Waals surface area contributed by atoms with Crippen molar-refractivity contribution in [1.29, 1.82) is 0 Å². The second kappa shape index (κ2) is 6.31. The van der Waals surface area contributed by atoms with E-state index in [1.807, 2.05) is 13.8 Å². The van der Waals surface area contributed by atoms with Crippen LogP contribution in [0.2, 0.25) is 0 Å². The van der Waals surface area contributed by atoms with E-state index in [1.165, 1.54) is 0 Å². The summed E-state index contributed by atoms with van der Waals surface area (Å²) in [7, 11) is 1.65. The van der Waals surface area contributed by atoms with Crippen LogP contribution in [0.3, 0.4) is 0 Å². The Kier molecular flexibility index (Phi) is 6.20. The second-order valence-corrected chi connectivity index (χ2v) is 4.69. The standard InChI is InChI=1S/C8H16O3S/c1-6(4-8(9)10)12-7(2)5-11-3/h6-7H,4-5H2,1-3H3,(H,9,10). The molecule has 0 saturated heterocycles. The van der Waals surface area contributed by atoms with Crippen LogP contribution in [0.5, 0.6) is 0 Å². The maximum absolute atomic E-state index is 10.3. The van der Waals surface area contributed by atoms with Gasteiger partial charge < -0.3 is 9.84 Å². The summed E-state index contributed by atoms with van der Waals surface area (Å²) in [5.74, 6) is -0.736. The highest BCUT2D eigenvalue weighted by molar-refractivity contribution is 8.00. The van der Waals surface area contributed by atoms with Crippen LogP contribution in [-0.2, 0) is 9.53 Å². The Balaban J connectivity index is 3.53. The molecule has 12 heavy (non-hydrogen) atoms. The van der Waals surface area contributed by atoms with E-state index in [-0.39, 0.29) is 11.7 Å². The normalized spacial score (nSPS) is 15.6. The number of aliphatic carboxylic acids is 1. The Morgan fingerprint density at radius 3 is 2.50 bits per heavy atom. The number of hydrogen-bond acceptors (Lipinski definition) is 3. The number of carboxylic acids is 1. The quantitative estimate of drug-likeness (QED) is 0.694. The van der Waals surface area contributed by atoms with Crippen LogP contribution in [0, 0.1) is 0 Å². The molecule has 0 aliphatic carbocycles. The van der Waals surface area contributed by atoms with E-state index in [9.17, 15) is 4.79 Å². The van der Waals surface area contributed by atoms with Gasteiger partial charge in [-0.25, -0.2) is 0 Å². The molecule has 0 aliphatic rings. The predicted octanol–water partition coefficient (Wildman–Crippen LogP) is 1.62. The average Bonchev–Trinajstić information content (AvgIpc) is 1.84. The molecule has 4 heteroatoms. The van der Waals surface area contributed by atoms with Crippen molar-refractivity contribution in [2.24, 2.45) is 0 Å². The number of hydrogen-bond donors (Lipinski definition) is 1. The summed E-state index contributed by atoms with van der Waals surface area (Å²) in [5.41, 5.74) is 0. The highest BCUT2D eigenvalue weighted by Gasteiger charge is 2.11. The lowest BCUT2D eigenvalue weighted by Gasteiger charge is -2.14. The fourth-order valence-corrected chi connectivity index (χ4v) is 2.21. The molecule has 2 unspecified atom stereocenters. The summed E-state index contributed by atoms with van der Waals surface area (Å²) in [6, 6.07) is 0. The van der Waals surface area contributed by atoms with Crippen molar-refractivity contribution in [3.8, 4) is 0 Å². The van der Waals surface area contributed by atoms with Gasteiger partial charge >= 0.3 is 5.97 Å². The predicted molar refractivity (Wildman–Crippen MR) is 50.6 cm³/mol. The van der Waals surface area contributed by atoms with Crippen molar-refractivity contribution in [1.82, 2.24) is 0 Å². The van der Waals surface area contributed by atoms with Crippen LogP contribution in [0.15, 0.2) is 0 Å². The lowest BCUT2D eigenvalue weighted by molar-refractivity contribution is -0.136. The van der Waals surface area contributed by atoms with Crippen molar-refractivity contribution < 1.29 is 14.6 Å². The molecule has 0 aromatic heterocycles. The molecule has 0 saturated carbocycles. The number of ether oxygens (including phenoxy) is 1. The number of carbonyl (C=O) groups is 1. The van der Waals surface area contributed by atoms with Gasteiger partial charge in [-0.2, -0.15) is 11.8 Å². The smallest absolute Gasteiger partial charge is 0.304 e. The molecule has 0 rings (SSSR count). The molecule has 0 heterocycles. The summed E-state index contributed by atoms with van der Waals surface area (Å²) >= 11 is 1.65. The topological polar surface area (TPSA) is 46.5 Å². The second-order valence-electron chi connectivity index (χ2n) is 2.81. The van der Waals surface area contributed by atoms with Gasteiger partial charge in [0, 0.05) is 17.6 Å². The summed E-state index contributed by atoms with van der Waals surface area (Å²) in [6.45, 7) is 4.63. The Hall–Kier alpha value is -0.220. The SMILES string of the molecule is COCC(C)SC(C)CC(=O)O. The first kappa shape index (κ1) is 11.8. The zero-order chi connectivity index (χ0) is 9.56. The van der Waals surface area contributed by atoms with E-state index in [0.717, 1.165) is 0 Å². The Morgan fingerprint density at radius 2 is 2.08 bits per heavy atom. The maximum atomic E-state index is 10.3. The van der Waals surface area contributed by atoms with Crippen molar-refractivity contribution in [2.45, 2.75) is 30.8 Å². The minimum atomic E-state index is -0.736. The van der Waals surface area contributed by atoms with Gasteiger partial charge in [-0.15, -0.1) is 0 Å². The van der Waals surface area contributed by atoms with Gasteiger partial charge in [-0.1, -0.05) is 13.8 Å². The molecule has 3 nitrogen and oxygen atoms in total. The van der Waals surface area contributed by atoms with E-state index >= 15 is 0 Å². The third kappa shape index (κ3) is 6.49. The Labute approximate surface area is 77.5 Å². The summed E-state index contributed by atoms with van der Waals surface area (Å²) in [4.78, 5) is 10.3. The molecule has 0 radical (unpaired) electrons. The molecule has 72 valence electrons. The molecular weight excluding hydrogens is 176 g/mol. The Morgan fingerprint density at radius 1 is 1.50 bits per heavy atom. The monoisotopic (exact) mass is 192 g/mol. The van der Waals surface area contributed by atoms with Crippen LogP contribution in [0.25, 0.3) is 0 Å². The van der Waals surface area contributed by atoms with Crippen LogP contribution in [0.4, 0.5) is 0 Å². The number of rotatable bonds is 6. The van der Waals surface area contributed by atoms with E-state index in [1.54, 1.807) is 18.9 Å². The molecular formula is C8H16O3S. The van der Waals surface area contributed by atoms with Gasteiger partial charge in [0.05, 0.1) is 13.0 Å². The number of methoxy groups -OCH3 is 1.